The molecule has 0 radical (unpaired) electrons. The van der Waals surface area contributed by atoms with Crippen molar-refractivity contribution in [2.24, 2.45) is 0 Å². The fourth-order valence-corrected chi connectivity index (χ4v) is 15.4. The third-order valence-corrected chi connectivity index (χ3v) is 18.0. The molecule has 0 nitrogen and oxygen atoms in total. The Labute approximate surface area is 229 Å². The molecule has 7 rings (SSSR count). The Kier molecular flexibility index (Phi) is 6.77. The molecule has 0 saturated heterocycles. The summed E-state index contributed by atoms with van der Waals surface area (Å²) in [5.41, 5.74) is 5.78. The summed E-state index contributed by atoms with van der Waals surface area (Å²) in [7, 11) is 0. The second kappa shape index (κ2) is 9.71. The van der Waals surface area contributed by atoms with E-state index in [4.69, 9.17) is 4.21 Å². The van der Waals surface area contributed by atoms with E-state index in [9.17, 15) is 0 Å². The van der Waals surface area contributed by atoms with Crippen LogP contribution in [0.15, 0.2) is 119 Å². The first-order chi connectivity index (χ1) is 16.8. The molecule has 0 aromatic heterocycles. The van der Waals surface area contributed by atoms with Crippen molar-refractivity contribution in [1.82, 2.24) is 0 Å². The summed E-state index contributed by atoms with van der Waals surface area (Å²) in [6.07, 6.45) is 8.93. The molecule has 2 aliphatic carbocycles. The van der Waals surface area contributed by atoms with Crippen molar-refractivity contribution in [2.45, 2.75) is 12.8 Å². The van der Waals surface area contributed by atoms with Gasteiger partial charge in [0, 0.05) is 0 Å². The Morgan fingerprint density at radius 1 is 0.667 bits per heavy atom. The summed E-state index contributed by atoms with van der Waals surface area (Å²) in [6.45, 7) is 0. The SMILES string of the molecule is Cl.Cl.[CH2]=[Zr]([C]1=CC=CC1)([c]1ccccc1)[c]1cccc2c1c1c(c3ccccc32)-c2ccccc2C1. The van der Waals surface area contributed by atoms with Crippen LogP contribution in [0, 0.1) is 0 Å². The van der Waals surface area contributed by atoms with Crippen LogP contribution < -0.4 is 6.54 Å². The minimum atomic E-state index is -3.43. The molecular weight excluding hydrogens is 558 g/mol. The van der Waals surface area contributed by atoms with Crippen LogP contribution in [0.5, 0.6) is 0 Å². The van der Waals surface area contributed by atoms with Crippen LogP contribution in [0.25, 0.3) is 32.7 Å². The molecule has 0 bridgehead atoms. The molecule has 0 aliphatic heterocycles. The molecule has 0 spiro atoms. The van der Waals surface area contributed by atoms with Crippen molar-refractivity contribution in [3.05, 3.63) is 130 Å². The van der Waals surface area contributed by atoms with Crippen molar-refractivity contribution < 1.29 is 19.8 Å². The number of allylic oxidation sites excluding steroid dienone is 4. The number of hydrogen-bond acceptors (Lipinski definition) is 0. The van der Waals surface area contributed by atoms with Gasteiger partial charge in [0.1, 0.15) is 0 Å². The zero-order chi connectivity index (χ0) is 22.7. The third-order valence-electron chi connectivity index (χ3n) is 7.85. The number of benzene rings is 5. The summed E-state index contributed by atoms with van der Waals surface area (Å²) in [5, 5.41) is 5.58. The predicted molar refractivity (Wildman–Crippen MR) is 159 cm³/mol. The van der Waals surface area contributed by atoms with Crippen LogP contribution in [0.3, 0.4) is 0 Å². The predicted octanol–water partition coefficient (Wildman–Crippen LogP) is 7.79. The molecule has 36 heavy (non-hydrogen) atoms. The van der Waals surface area contributed by atoms with E-state index < -0.39 is 19.8 Å². The first-order valence-electron chi connectivity index (χ1n) is 12.1. The quantitative estimate of drug-likeness (QED) is 0.186. The third kappa shape index (κ3) is 3.56. The van der Waals surface area contributed by atoms with E-state index in [0.29, 0.717) is 0 Å². The normalized spacial score (nSPS) is 14.9. The number of hydrogen-bond donors (Lipinski definition) is 0. The molecule has 0 heterocycles. The van der Waals surface area contributed by atoms with Gasteiger partial charge in [0.15, 0.2) is 0 Å². The van der Waals surface area contributed by atoms with Gasteiger partial charge in [-0.2, -0.15) is 0 Å². The van der Waals surface area contributed by atoms with E-state index in [1.54, 1.807) is 3.28 Å². The van der Waals surface area contributed by atoms with Crippen molar-refractivity contribution in [2.75, 3.05) is 0 Å². The van der Waals surface area contributed by atoms with Gasteiger partial charge in [-0.25, -0.2) is 0 Å². The molecular formula is C33H27Cl2Zr. The Bertz CT molecular complexity index is 1730. The van der Waals surface area contributed by atoms with Crippen LogP contribution in [0.2, 0.25) is 0 Å². The molecule has 5 aromatic carbocycles. The summed E-state index contributed by atoms with van der Waals surface area (Å²) < 4.78 is 9.73. The number of fused-ring (bicyclic) bond motifs is 8. The molecule has 5 aromatic rings. The van der Waals surface area contributed by atoms with Gasteiger partial charge in [-0.15, -0.1) is 24.8 Å². The van der Waals surface area contributed by atoms with Gasteiger partial charge in [-0.05, 0) is 0 Å². The minimum absolute atomic E-state index is 0. The van der Waals surface area contributed by atoms with Crippen molar-refractivity contribution in [1.29, 1.82) is 0 Å². The molecule has 0 fully saturated rings. The number of halogens is 2. The topological polar surface area (TPSA) is 0 Å². The molecule has 3 heteroatoms. The van der Waals surface area contributed by atoms with Gasteiger partial charge in [0.2, 0.25) is 0 Å². The van der Waals surface area contributed by atoms with E-state index in [1.165, 1.54) is 50.3 Å². The van der Waals surface area contributed by atoms with E-state index in [1.807, 2.05) is 0 Å². The van der Waals surface area contributed by atoms with Crippen molar-refractivity contribution in [3.8, 4) is 11.1 Å². The van der Waals surface area contributed by atoms with E-state index in [-0.39, 0.29) is 24.8 Å². The molecule has 177 valence electrons. The van der Waals surface area contributed by atoms with Gasteiger partial charge in [-0.3, -0.25) is 0 Å². The van der Waals surface area contributed by atoms with Crippen LogP contribution in [-0.4, -0.2) is 4.21 Å². The second-order valence-corrected chi connectivity index (χ2v) is 18.3. The zero-order valence-electron chi connectivity index (χ0n) is 19.9. The molecule has 2 aliphatic rings. The maximum absolute atomic E-state index is 5.20. The Hall–Kier alpha value is -2.57. The average Bonchev–Trinajstić information content (AvgIpc) is 3.57. The van der Waals surface area contributed by atoms with Gasteiger partial charge >= 0.3 is 206 Å². The first-order valence-corrected chi connectivity index (χ1v) is 17.5. The Morgan fingerprint density at radius 2 is 1.36 bits per heavy atom. The van der Waals surface area contributed by atoms with E-state index in [2.05, 4.69) is 115 Å². The Balaban J connectivity index is 0.00000133. The summed E-state index contributed by atoms with van der Waals surface area (Å²) in [4.78, 5) is 0. The van der Waals surface area contributed by atoms with E-state index in [0.717, 1.165) is 12.8 Å². The van der Waals surface area contributed by atoms with Gasteiger partial charge in [0.25, 0.3) is 0 Å². The second-order valence-electron chi connectivity index (χ2n) is 9.56. The van der Waals surface area contributed by atoms with Gasteiger partial charge in [0.05, 0.1) is 0 Å². The fraction of sp³-hybridized carbons (Fsp3) is 0.0606. The molecule has 0 amide bonds. The monoisotopic (exact) mass is 583 g/mol. The van der Waals surface area contributed by atoms with Crippen LogP contribution in [-0.2, 0) is 26.2 Å². The summed E-state index contributed by atoms with van der Waals surface area (Å²) in [5.74, 6) is 0. The van der Waals surface area contributed by atoms with Crippen molar-refractivity contribution in [3.63, 3.8) is 0 Å². The zero-order valence-corrected chi connectivity index (χ0v) is 24.0. The average molecular weight is 586 g/mol. The standard InChI is InChI=1S/C21H13.C6H5.C5H5.CH2.2ClH.Zr/c1-2-8-15-14(7-1)13-20-18-11-4-3-9-16(18)17-10-5-6-12-19(17)21(15)20;1-2-4-6-5-3-1;1-2-4-5-3-1;;;;/h1-10,12H,13H2;1-5H;1-3H,4H2;1H2;2*1H;. The maximum atomic E-state index is 5.20. The van der Waals surface area contributed by atoms with E-state index >= 15 is 0 Å². The molecule has 1 unspecified atom stereocenters. The summed E-state index contributed by atoms with van der Waals surface area (Å²) in [6, 6.07) is 36.2. The van der Waals surface area contributed by atoms with Crippen LogP contribution >= 0.6 is 24.8 Å². The molecule has 0 saturated carbocycles. The summed E-state index contributed by atoms with van der Waals surface area (Å²) >= 11 is -3.43. The molecule has 1 atom stereocenters. The van der Waals surface area contributed by atoms with Crippen molar-refractivity contribution >= 4 is 57.1 Å². The Morgan fingerprint density at radius 3 is 2.14 bits per heavy atom. The number of rotatable bonds is 3. The van der Waals surface area contributed by atoms with Gasteiger partial charge in [-0.1, -0.05) is 0 Å². The van der Waals surface area contributed by atoms with Crippen LogP contribution in [0.4, 0.5) is 0 Å². The fourth-order valence-electron chi connectivity index (χ4n) is 6.27. The van der Waals surface area contributed by atoms with Crippen LogP contribution in [0.1, 0.15) is 17.5 Å². The van der Waals surface area contributed by atoms with Gasteiger partial charge < -0.3 is 0 Å². The first kappa shape index (κ1) is 25.1. The molecule has 0 N–H and O–H groups in total.